The van der Waals surface area contributed by atoms with Gasteiger partial charge in [-0.05, 0) is 42.0 Å². The van der Waals surface area contributed by atoms with Gasteiger partial charge in [-0.1, -0.05) is 40.2 Å². The van der Waals surface area contributed by atoms with E-state index < -0.39 is 0 Å². The van der Waals surface area contributed by atoms with E-state index in [1.807, 2.05) is 48.5 Å². The van der Waals surface area contributed by atoms with Gasteiger partial charge in [0.25, 0.3) is 0 Å². The van der Waals surface area contributed by atoms with E-state index in [4.69, 9.17) is 17.0 Å². The van der Waals surface area contributed by atoms with E-state index in [0.717, 1.165) is 21.3 Å². The van der Waals surface area contributed by atoms with Crippen LogP contribution < -0.4 is 10.2 Å². The number of H-pyrrole nitrogens is 1. The van der Waals surface area contributed by atoms with Crippen LogP contribution in [0.2, 0.25) is 0 Å². The average molecular weight is 391 g/mol. The SMILES string of the molecule is COc1ccccc1-c1n[nH]c(=S)n1NCc1ccc(Br)cc1. The van der Waals surface area contributed by atoms with Gasteiger partial charge < -0.3 is 10.2 Å². The third kappa shape index (κ3) is 3.46. The van der Waals surface area contributed by atoms with Gasteiger partial charge in [0.2, 0.25) is 4.77 Å². The van der Waals surface area contributed by atoms with Gasteiger partial charge >= 0.3 is 0 Å². The van der Waals surface area contributed by atoms with E-state index in [1.165, 1.54) is 0 Å². The summed E-state index contributed by atoms with van der Waals surface area (Å²) in [6.45, 7) is 0.628. The fourth-order valence-electron chi connectivity index (χ4n) is 2.23. The number of aromatic nitrogens is 3. The first-order valence-corrected chi connectivity index (χ1v) is 8.18. The molecule has 0 spiro atoms. The summed E-state index contributed by atoms with van der Waals surface area (Å²) in [5, 5.41) is 7.14. The Balaban J connectivity index is 1.90. The van der Waals surface area contributed by atoms with E-state index >= 15 is 0 Å². The molecule has 0 aliphatic carbocycles. The molecule has 0 bridgehead atoms. The molecule has 3 aromatic rings. The summed E-state index contributed by atoms with van der Waals surface area (Å²) in [6, 6.07) is 15.8. The molecule has 3 rings (SSSR count). The Morgan fingerprint density at radius 1 is 1.22 bits per heavy atom. The van der Waals surface area contributed by atoms with Crippen LogP contribution in [0.25, 0.3) is 11.4 Å². The molecule has 0 aliphatic heterocycles. The van der Waals surface area contributed by atoms with Crippen molar-refractivity contribution in [1.82, 2.24) is 14.9 Å². The van der Waals surface area contributed by atoms with Crippen molar-refractivity contribution < 1.29 is 4.74 Å². The van der Waals surface area contributed by atoms with Crippen molar-refractivity contribution >= 4 is 28.1 Å². The normalized spacial score (nSPS) is 10.5. The van der Waals surface area contributed by atoms with Crippen LogP contribution in [0, 0.1) is 4.77 Å². The zero-order valence-corrected chi connectivity index (χ0v) is 14.8. The Bertz CT molecular complexity index is 857. The molecule has 2 N–H and O–H groups in total. The number of para-hydroxylation sites is 1. The highest BCUT2D eigenvalue weighted by Gasteiger charge is 2.13. The third-order valence-electron chi connectivity index (χ3n) is 3.37. The van der Waals surface area contributed by atoms with Crippen LogP contribution in [-0.2, 0) is 6.54 Å². The van der Waals surface area contributed by atoms with Gasteiger partial charge in [0, 0.05) is 4.47 Å². The number of halogens is 1. The number of ether oxygens (including phenoxy) is 1. The Labute approximate surface area is 147 Å². The van der Waals surface area contributed by atoms with Gasteiger partial charge in [0.1, 0.15) is 5.75 Å². The van der Waals surface area contributed by atoms with Gasteiger partial charge in [-0.2, -0.15) is 5.10 Å². The maximum Gasteiger partial charge on any atom is 0.214 e. The molecule has 0 radical (unpaired) electrons. The summed E-state index contributed by atoms with van der Waals surface area (Å²) in [7, 11) is 1.64. The molecule has 118 valence electrons. The molecular formula is C16H15BrN4OS. The summed E-state index contributed by atoms with van der Waals surface area (Å²) in [4.78, 5) is 0. The van der Waals surface area contributed by atoms with E-state index in [1.54, 1.807) is 11.8 Å². The van der Waals surface area contributed by atoms with Crippen molar-refractivity contribution in [2.24, 2.45) is 0 Å². The van der Waals surface area contributed by atoms with Crippen LogP contribution in [0.3, 0.4) is 0 Å². The molecule has 1 aromatic heterocycles. The summed E-state index contributed by atoms with van der Waals surface area (Å²) in [5.41, 5.74) is 5.30. The van der Waals surface area contributed by atoms with E-state index in [9.17, 15) is 0 Å². The first kappa shape index (κ1) is 15.8. The molecule has 0 atom stereocenters. The first-order chi connectivity index (χ1) is 11.2. The molecule has 0 amide bonds. The van der Waals surface area contributed by atoms with Crippen LogP contribution >= 0.6 is 28.1 Å². The number of benzene rings is 2. The summed E-state index contributed by atoms with van der Waals surface area (Å²) in [6.07, 6.45) is 0. The third-order valence-corrected chi connectivity index (χ3v) is 4.18. The van der Waals surface area contributed by atoms with Crippen molar-refractivity contribution in [1.29, 1.82) is 0 Å². The monoisotopic (exact) mass is 390 g/mol. The largest absolute Gasteiger partial charge is 0.496 e. The van der Waals surface area contributed by atoms with Crippen LogP contribution in [0.4, 0.5) is 0 Å². The molecule has 2 aromatic carbocycles. The lowest BCUT2D eigenvalue weighted by molar-refractivity contribution is 0.416. The number of hydrogen-bond acceptors (Lipinski definition) is 4. The van der Waals surface area contributed by atoms with Gasteiger partial charge in [-0.25, -0.2) is 9.77 Å². The Hall–Kier alpha value is -2.12. The van der Waals surface area contributed by atoms with Crippen LogP contribution in [0.1, 0.15) is 5.56 Å². The number of methoxy groups -OCH3 is 1. The Morgan fingerprint density at radius 2 is 1.96 bits per heavy atom. The molecule has 0 aliphatic rings. The van der Waals surface area contributed by atoms with Crippen molar-refractivity contribution in [3.05, 3.63) is 63.3 Å². The van der Waals surface area contributed by atoms with Crippen LogP contribution in [0.15, 0.2) is 53.0 Å². The summed E-state index contributed by atoms with van der Waals surface area (Å²) < 4.78 is 8.72. The van der Waals surface area contributed by atoms with Crippen LogP contribution in [0.5, 0.6) is 5.75 Å². The molecule has 7 heteroatoms. The fraction of sp³-hybridized carbons (Fsp3) is 0.125. The topological polar surface area (TPSA) is 54.9 Å². The number of nitrogens with one attached hydrogen (secondary N) is 2. The quantitative estimate of drug-likeness (QED) is 0.643. The van der Waals surface area contributed by atoms with Gasteiger partial charge in [0.15, 0.2) is 5.82 Å². The molecule has 0 fully saturated rings. The Morgan fingerprint density at radius 3 is 2.70 bits per heavy atom. The lowest BCUT2D eigenvalue weighted by Crippen LogP contribution is -2.16. The molecule has 1 heterocycles. The van der Waals surface area contributed by atoms with Crippen molar-refractivity contribution in [2.75, 3.05) is 12.5 Å². The molecule has 0 saturated carbocycles. The molecule has 23 heavy (non-hydrogen) atoms. The lowest BCUT2D eigenvalue weighted by atomic mass is 10.2. The van der Waals surface area contributed by atoms with Crippen molar-refractivity contribution in [3.8, 4) is 17.1 Å². The minimum atomic E-state index is 0.503. The number of aromatic amines is 1. The van der Waals surface area contributed by atoms with Crippen LogP contribution in [-0.4, -0.2) is 22.0 Å². The number of nitrogens with zero attached hydrogens (tertiary/aromatic N) is 2. The standard InChI is InChI=1S/C16H15BrN4OS/c1-22-14-5-3-2-4-13(14)15-19-20-16(23)21(15)18-10-11-6-8-12(17)9-7-11/h2-9,18H,10H2,1H3,(H,20,23). The molecular weight excluding hydrogens is 376 g/mol. The zero-order chi connectivity index (χ0) is 16.2. The van der Waals surface area contributed by atoms with E-state index in [0.29, 0.717) is 17.1 Å². The summed E-state index contributed by atoms with van der Waals surface area (Å²) in [5.74, 6) is 1.43. The Kier molecular flexibility index (Phi) is 4.78. The second-order valence-corrected chi connectivity index (χ2v) is 6.15. The van der Waals surface area contributed by atoms with E-state index in [2.05, 4.69) is 31.6 Å². The smallest absolute Gasteiger partial charge is 0.214 e. The maximum absolute atomic E-state index is 5.41. The number of rotatable bonds is 5. The lowest BCUT2D eigenvalue weighted by Gasteiger charge is -2.12. The highest BCUT2D eigenvalue weighted by atomic mass is 79.9. The number of hydrogen-bond donors (Lipinski definition) is 2. The highest BCUT2D eigenvalue weighted by Crippen LogP contribution is 2.27. The second kappa shape index (κ2) is 6.97. The van der Waals surface area contributed by atoms with Gasteiger partial charge in [-0.3, -0.25) is 0 Å². The zero-order valence-electron chi connectivity index (χ0n) is 12.4. The summed E-state index contributed by atoms with van der Waals surface area (Å²) >= 11 is 8.76. The molecule has 0 unspecified atom stereocenters. The fourth-order valence-corrected chi connectivity index (χ4v) is 2.69. The minimum Gasteiger partial charge on any atom is -0.496 e. The highest BCUT2D eigenvalue weighted by molar-refractivity contribution is 9.10. The maximum atomic E-state index is 5.41. The minimum absolute atomic E-state index is 0.503. The predicted octanol–water partition coefficient (Wildman–Crippen LogP) is 4.12. The van der Waals surface area contributed by atoms with Gasteiger partial charge in [-0.15, -0.1) is 0 Å². The second-order valence-electron chi connectivity index (χ2n) is 4.85. The van der Waals surface area contributed by atoms with Crippen molar-refractivity contribution in [2.45, 2.75) is 6.54 Å². The molecule has 5 nitrogen and oxygen atoms in total. The van der Waals surface area contributed by atoms with E-state index in [-0.39, 0.29) is 0 Å². The predicted molar refractivity (Wildman–Crippen MR) is 96.6 cm³/mol. The van der Waals surface area contributed by atoms with Crippen molar-refractivity contribution in [3.63, 3.8) is 0 Å². The van der Waals surface area contributed by atoms with Gasteiger partial charge in [0.05, 0.1) is 19.2 Å². The average Bonchev–Trinajstić information content (AvgIpc) is 2.95. The first-order valence-electron chi connectivity index (χ1n) is 6.98. The molecule has 0 saturated heterocycles.